The second kappa shape index (κ2) is 41.0. The van der Waals surface area contributed by atoms with Crippen molar-refractivity contribution in [3.8, 4) is 0 Å². The minimum Gasteiger partial charge on any atom is -0.463 e. The van der Waals surface area contributed by atoms with E-state index in [1.165, 1.54) is 154 Å². The molecule has 2 heterocycles. The van der Waals surface area contributed by atoms with Gasteiger partial charge in [0.05, 0.1) is 0 Å². The molecule has 69 heavy (non-hydrogen) atoms. The number of carbonyl (C=O) groups excluding carboxylic acids is 2. The number of carbonyl (C=O) groups is 2. The number of hydrogen-bond acceptors (Lipinski definition) is 13. The second-order valence-corrected chi connectivity index (χ2v) is 21.0. The summed E-state index contributed by atoms with van der Waals surface area (Å²) >= 11 is 0. The van der Waals surface area contributed by atoms with Gasteiger partial charge in [-0.05, 0) is 24.7 Å². The minimum absolute atomic E-state index is 0.207. The molecule has 408 valence electrons. The van der Waals surface area contributed by atoms with E-state index in [0.717, 1.165) is 51.4 Å². The van der Waals surface area contributed by atoms with Crippen molar-refractivity contribution in [1.29, 1.82) is 0 Å². The molecule has 13 nitrogen and oxygen atoms in total. The fourth-order valence-corrected chi connectivity index (χ4v) is 10.0. The summed E-state index contributed by atoms with van der Waals surface area (Å²) in [7, 11) is 0. The molecule has 10 atom stereocenters. The van der Waals surface area contributed by atoms with Gasteiger partial charge in [0.1, 0.15) is 62.0 Å². The second-order valence-electron chi connectivity index (χ2n) is 21.0. The number of unbranched alkanes of at least 4 members (excludes halogenated alkanes) is 24. The van der Waals surface area contributed by atoms with Gasteiger partial charge in [-0.2, -0.15) is 0 Å². The summed E-state index contributed by atoms with van der Waals surface area (Å²) in [5, 5.41) is 64.9. The summed E-state index contributed by atoms with van der Waals surface area (Å²) in [5.74, 6) is -0.0739. The minimum atomic E-state index is -1.81. The molecule has 0 saturated carbocycles. The first-order valence-electron chi connectivity index (χ1n) is 28.8. The number of rotatable bonds is 44. The third-order valence-electron chi connectivity index (χ3n) is 14.8. The van der Waals surface area contributed by atoms with E-state index in [9.17, 15) is 40.2 Å². The van der Waals surface area contributed by atoms with E-state index >= 15 is 0 Å². The Morgan fingerprint density at radius 2 is 0.623 bits per heavy atom. The van der Waals surface area contributed by atoms with E-state index < -0.39 is 86.6 Å². The van der Waals surface area contributed by atoms with Crippen molar-refractivity contribution in [1.82, 2.24) is 0 Å². The fourth-order valence-electron chi connectivity index (χ4n) is 10.0. The third kappa shape index (κ3) is 28.6. The van der Waals surface area contributed by atoms with Crippen LogP contribution in [0.15, 0.2) is 0 Å². The van der Waals surface area contributed by atoms with Gasteiger partial charge in [-0.25, -0.2) is 0 Å². The molecule has 0 aromatic rings. The Morgan fingerprint density at radius 1 is 0.362 bits per heavy atom. The van der Waals surface area contributed by atoms with Crippen molar-refractivity contribution in [3.05, 3.63) is 0 Å². The predicted octanol–water partition coefficient (Wildman–Crippen LogP) is 11.1. The Kier molecular flexibility index (Phi) is 37.8. The lowest BCUT2D eigenvalue weighted by molar-refractivity contribution is -0.376. The quantitative estimate of drug-likeness (QED) is 0.0249. The average molecular weight is 987 g/mol. The van der Waals surface area contributed by atoms with Crippen LogP contribution in [-0.4, -0.2) is 117 Å². The van der Waals surface area contributed by atoms with E-state index in [1.54, 1.807) is 0 Å². The predicted molar refractivity (Wildman–Crippen MR) is 272 cm³/mol. The van der Waals surface area contributed by atoms with Crippen LogP contribution in [0.2, 0.25) is 0 Å². The zero-order chi connectivity index (χ0) is 50.5. The van der Waals surface area contributed by atoms with E-state index in [1.807, 2.05) is 0 Å². The molecule has 0 unspecified atom stereocenters. The maximum atomic E-state index is 13.1. The van der Waals surface area contributed by atoms with Crippen LogP contribution in [-0.2, 0) is 33.3 Å². The Bertz CT molecular complexity index is 1100. The molecular weight excluding hydrogens is 881 g/mol. The van der Waals surface area contributed by atoms with Gasteiger partial charge in [0.25, 0.3) is 0 Å². The highest BCUT2D eigenvalue weighted by atomic mass is 16.8. The van der Waals surface area contributed by atoms with Crippen LogP contribution < -0.4 is 0 Å². The summed E-state index contributed by atoms with van der Waals surface area (Å²) in [5.41, 5.74) is 0. The van der Waals surface area contributed by atoms with Crippen LogP contribution in [0.4, 0.5) is 0 Å². The summed E-state index contributed by atoms with van der Waals surface area (Å²) in [6.45, 7) is 8.07. The number of ether oxygens (including phenoxy) is 5. The van der Waals surface area contributed by atoms with Gasteiger partial charge < -0.3 is 54.3 Å². The smallest absolute Gasteiger partial charge is 0.305 e. The molecule has 2 aliphatic heterocycles. The van der Waals surface area contributed by atoms with Gasteiger partial charge in [0.2, 0.25) is 0 Å². The van der Waals surface area contributed by atoms with Crippen molar-refractivity contribution in [2.45, 2.75) is 320 Å². The zero-order valence-corrected chi connectivity index (χ0v) is 44.3. The highest BCUT2D eigenvalue weighted by Crippen LogP contribution is 2.30. The molecule has 2 aliphatic rings. The van der Waals surface area contributed by atoms with E-state index in [-0.39, 0.29) is 12.8 Å². The molecule has 6 N–H and O–H groups in total. The van der Waals surface area contributed by atoms with Gasteiger partial charge >= 0.3 is 11.9 Å². The lowest BCUT2D eigenvalue weighted by Crippen LogP contribution is -2.64. The molecule has 0 amide bonds. The van der Waals surface area contributed by atoms with Crippen molar-refractivity contribution in [2.24, 2.45) is 11.8 Å². The Morgan fingerprint density at radius 3 is 0.899 bits per heavy atom. The standard InChI is InChI=1S/C56H106O13/c1-5-9-13-17-21-25-29-33-43(34-30-26-22-18-14-10-6-2)37-39-47(57)65-41-45-49(59)51(61)53(63)55(67-45)69-56-54(64)52(62)50(60)46(68-56)42-66-48(58)40-38-44(35-31-27-23-19-15-11-7-3)36-32-28-24-20-16-12-8-4/h43-46,49-56,59-64H,5-42H2,1-4H3/t45-,46-,49-,50-,51+,52+,53-,54-,55-,56-/m1/s1. The first-order valence-corrected chi connectivity index (χ1v) is 28.8. The van der Waals surface area contributed by atoms with Crippen molar-refractivity contribution in [2.75, 3.05) is 13.2 Å². The van der Waals surface area contributed by atoms with Gasteiger partial charge in [-0.1, -0.05) is 233 Å². The maximum absolute atomic E-state index is 13.1. The number of esters is 2. The van der Waals surface area contributed by atoms with Crippen LogP contribution >= 0.6 is 0 Å². The molecule has 0 bridgehead atoms. The molecule has 0 spiro atoms. The van der Waals surface area contributed by atoms with Crippen LogP contribution in [0.1, 0.15) is 259 Å². The number of aliphatic hydroxyl groups excluding tert-OH is 6. The van der Waals surface area contributed by atoms with Gasteiger partial charge in [0, 0.05) is 12.8 Å². The average Bonchev–Trinajstić information content (AvgIpc) is 3.34. The topological polar surface area (TPSA) is 202 Å². The molecule has 0 aromatic heterocycles. The van der Waals surface area contributed by atoms with Crippen molar-refractivity contribution in [3.63, 3.8) is 0 Å². The maximum Gasteiger partial charge on any atom is 0.305 e. The van der Waals surface area contributed by atoms with Gasteiger partial charge in [-0.3, -0.25) is 9.59 Å². The monoisotopic (exact) mass is 987 g/mol. The number of hydrogen-bond donors (Lipinski definition) is 6. The Hall–Kier alpha value is -1.42. The first-order chi connectivity index (χ1) is 33.5. The molecule has 0 radical (unpaired) electrons. The van der Waals surface area contributed by atoms with Crippen LogP contribution in [0.3, 0.4) is 0 Å². The molecule has 0 aromatic carbocycles. The molecule has 2 fully saturated rings. The normalized spacial score (nSPS) is 25.2. The molecule has 2 saturated heterocycles. The third-order valence-corrected chi connectivity index (χ3v) is 14.8. The highest BCUT2D eigenvalue weighted by Gasteiger charge is 2.50. The summed E-state index contributed by atoms with van der Waals surface area (Å²) in [6, 6.07) is 0. The largest absolute Gasteiger partial charge is 0.463 e. The Labute approximate surface area is 419 Å². The highest BCUT2D eigenvalue weighted by molar-refractivity contribution is 5.69. The first kappa shape index (κ1) is 63.7. The van der Waals surface area contributed by atoms with Crippen LogP contribution in [0.25, 0.3) is 0 Å². The van der Waals surface area contributed by atoms with Crippen molar-refractivity contribution >= 4 is 11.9 Å². The summed E-state index contributed by atoms with van der Waals surface area (Å²) in [4.78, 5) is 26.1. The van der Waals surface area contributed by atoms with E-state index in [2.05, 4.69) is 27.7 Å². The van der Waals surface area contributed by atoms with Crippen LogP contribution in [0.5, 0.6) is 0 Å². The van der Waals surface area contributed by atoms with Crippen molar-refractivity contribution < 1.29 is 63.9 Å². The summed E-state index contributed by atoms with van der Waals surface area (Å²) < 4.78 is 28.4. The molecule has 2 rings (SSSR count). The SMILES string of the molecule is CCCCCCCCCC(CCCCCCCCC)CCC(=O)OC[C@H]1O[C@H](O[C@H]2O[C@H](COC(=O)CCC(CCCCCCCCC)CCCCCCCCC)[C@@H](O)[C@H](O)[C@H]2O)[C@H](O)[C@@H](O)[C@@H]1O. The lowest BCUT2D eigenvalue weighted by atomic mass is 9.90. The Balaban J connectivity index is 1.91. The zero-order valence-electron chi connectivity index (χ0n) is 44.3. The van der Waals surface area contributed by atoms with Crippen LogP contribution in [0, 0.1) is 11.8 Å². The summed E-state index contributed by atoms with van der Waals surface area (Å²) in [6.07, 6.45) is 24.4. The molecule has 0 aliphatic carbocycles. The van der Waals surface area contributed by atoms with Gasteiger partial charge in [-0.15, -0.1) is 0 Å². The fraction of sp³-hybridized carbons (Fsp3) is 0.964. The van der Waals surface area contributed by atoms with E-state index in [0.29, 0.717) is 24.7 Å². The lowest BCUT2D eigenvalue weighted by Gasteiger charge is -2.44. The van der Waals surface area contributed by atoms with E-state index in [4.69, 9.17) is 23.7 Å². The molecular formula is C56H106O13. The number of aliphatic hydroxyl groups is 6. The van der Waals surface area contributed by atoms with Gasteiger partial charge in [0.15, 0.2) is 12.6 Å². The molecule has 13 heteroatoms.